The molecule has 20 heavy (non-hydrogen) atoms. The van der Waals surface area contributed by atoms with Crippen LogP contribution in [-0.2, 0) is 6.54 Å². The molecule has 0 amide bonds. The van der Waals surface area contributed by atoms with E-state index in [-0.39, 0.29) is 0 Å². The van der Waals surface area contributed by atoms with Crippen LogP contribution in [0.4, 0.5) is 0 Å². The zero-order valence-corrected chi connectivity index (χ0v) is 14.2. The maximum atomic E-state index is 5.30. The van der Waals surface area contributed by atoms with Crippen molar-refractivity contribution < 1.29 is 4.74 Å². The van der Waals surface area contributed by atoms with Gasteiger partial charge in [0.25, 0.3) is 0 Å². The number of rotatable bonds is 5. The van der Waals surface area contributed by atoms with Crippen molar-refractivity contribution in [2.45, 2.75) is 45.3 Å². The van der Waals surface area contributed by atoms with Crippen molar-refractivity contribution in [1.29, 1.82) is 0 Å². The quantitative estimate of drug-likeness (QED) is 0.888. The zero-order chi connectivity index (χ0) is 14.5. The molecule has 1 fully saturated rings. The molecular weight excluding hydrogens is 316 g/mol. The number of piperazine rings is 1. The smallest absolute Gasteiger partial charge is 0.133 e. The molecule has 0 spiro atoms. The van der Waals surface area contributed by atoms with Gasteiger partial charge in [0.1, 0.15) is 5.75 Å². The third-order valence-electron chi connectivity index (χ3n) is 3.95. The summed E-state index contributed by atoms with van der Waals surface area (Å²) in [5, 5.41) is 3.59. The van der Waals surface area contributed by atoms with Crippen molar-refractivity contribution in [2.24, 2.45) is 0 Å². The molecule has 3 nitrogen and oxygen atoms in total. The average Bonchev–Trinajstić information content (AvgIpc) is 2.42. The second-order valence-electron chi connectivity index (χ2n) is 5.65. The Labute approximate surface area is 130 Å². The van der Waals surface area contributed by atoms with E-state index < -0.39 is 0 Å². The molecule has 4 heteroatoms. The topological polar surface area (TPSA) is 24.5 Å². The Balaban J connectivity index is 2.07. The molecule has 1 heterocycles. The summed E-state index contributed by atoms with van der Waals surface area (Å²) in [6.45, 7) is 7.76. The van der Waals surface area contributed by atoms with Gasteiger partial charge in [-0.1, -0.05) is 19.4 Å². The predicted octanol–water partition coefficient (Wildman–Crippen LogP) is 3.42. The first-order valence-electron chi connectivity index (χ1n) is 7.44. The number of hydrogen-bond donors (Lipinski definition) is 1. The summed E-state index contributed by atoms with van der Waals surface area (Å²) in [6, 6.07) is 7.61. The van der Waals surface area contributed by atoms with Gasteiger partial charge in [-0.05, 0) is 47.0 Å². The Bertz CT molecular complexity index is 438. The normalized spacial score (nSPS) is 23.8. The fourth-order valence-corrected chi connectivity index (χ4v) is 3.47. The van der Waals surface area contributed by atoms with Gasteiger partial charge in [0.05, 0.1) is 11.6 Å². The standard InChI is InChI=1S/C16H25BrN2O/c1-4-5-14-9-18-12(2)10-19(14)11-13-6-7-16(20-3)15(17)8-13/h6-8,12,14,18H,4-5,9-11H2,1-3H3. The van der Waals surface area contributed by atoms with Gasteiger partial charge in [-0.3, -0.25) is 4.90 Å². The summed E-state index contributed by atoms with van der Waals surface area (Å²) >= 11 is 3.57. The molecule has 0 bridgehead atoms. The number of ether oxygens (including phenoxy) is 1. The van der Waals surface area contributed by atoms with Gasteiger partial charge in [0, 0.05) is 31.7 Å². The van der Waals surface area contributed by atoms with Crippen molar-refractivity contribution in [3.05, 3.63) is 28.2 Å². The highest BCUT2D eigenvalue weighted by atomic mass is 79.9. The number of benzene rings is 1. The molecule has 1 aliphatic rings. The highest BCUT2D eigenvalue weighted by Gasteiger charge is 2.25. The highest BCUT2D eigenvalue weighted by Crippen LogP contribution is 2.27. The minimum atomic E-state index is 0.574. The van der Waals surface area contributed by atoms with Gasteiger partial charge in [0.2, 0.25) is 0 Å². The minimum absolute atomic E-state index is 0.574. The lowest BCUT2D eigenvalue weighted by Crippen LogP contribution is -2.54. The Morgan fingerprint density at radius 1 is 1.45 bits per heavy atom. The van der Waals surface area contributed by atoms with Crippen LogP contribution in [0.5, 0.6) is 5.75 Å². The molecule has 2 rings (SSSR count). The lowest BCUT2D eigenvalue weighted by atomic mass is 10.0. The van der Waals surface area contributed by atoms with Crippen LogP contribution < -0.4 is 10.1 Å². The van der Waals surface area contributed by atoms with E-state index in [1.54, 1.807) is 7.11 Å². The van der Waals surface area contributed by atoms with Gasteiger partial charge >= 0.3 is 0 Å². The molecule has 1 aliphatic heterocycles. The number of hydrogen-bond acceptors (Lipinski definition) is 3. The van der Waals surface area contributed by atoms with Crippen molar-refractivity contribution >= 4 is 15.9 Å². The second kappa shape index (κ2) is 7.43. The minimum Gasteiger partial charge on any atom is -0.496 e. The van der Waals surface area contributed by atoms with E-state index >= 15 is 0 Å². The fourth-order valence-electron chi connectivity index (χ4n) is 2.89. The molecule has 112 valence electrons. The Morgan fingerprint density at radius 3 is 2.90 bits per heavy atom. The van der Waals surface area contributed by atoms with Crippen LogP contribution in [0.15, 0.2) is 22.7 Å². The van der Waals surface area contributed by atoms with Crippen molar-refractivity contribution in [3.8, 4) is 5.75 Å². The van der Waals surface area contributed by atoms with E-state index in [0.29, 0.717) is 12.1 Å². The van der Waals surface area contributed by atoms with Gasteiger partial charge in [-0.2, -0.15) is 0 Å². The average molecular weight is 341 g/mol. The first-order chi connectivity index (χ1) is 9.63. The molecule has 2 unspecified atom stereocenters. The molecule has 0 aliphatic carbocycles. The van der Waals surface area contributed by atoms with E-state index in [9.17, 15) is 0 Å². The lowest BCUT2D eigenvalue weighted by molar-refractivity contribution is 0.120. The van der Waals surface area contributed by atoms with E-state index in [0.717, 1.165) is 29.9 Å². The number of methoxy groups -OCH3 is 1. The Hall–Kier alpha value is -0.580. The van der Waals surface area contributed by atoms with Gasteiger partial charge in [-0.15, -0.1) is 0 Å². The van der Waals surface area contributed by atoms with Gasteiger partial charge in [-0.25, -0.2) is 0 Å². The SMILES string of the molecule is CCCC1CNC(C)CN1Cc1ccc(OC)c(Br)c1. The molecule has 0 aromatic heterocycles. The van der Waals surface area contributed by atoms with Crippen molar-refractivity contribution in [2.75, 3.05) is 20.2 Å². The number of halogens is 1. The largest absolute Gasteiger partial charge is 0.496 e. The maximum absolute atomic E-state index is 5.30. The first-order valence-corrected chi connectivity index (χ1v) is 8.23. The van der Waals surface area contributed by atoms with Gasteiger partial charge in [0.15, 0.2) is 0 Å². The van der Waals surface area contributed by atoms with Crippen LogP contribution in [-0.4, -0.2) is 37.2 Å². The van der Waals surface area contributed by atoms with Crippen LogP contribution in [0.3, 0.4) is 0 Å². The highest BCUT2D eigenvalue weighted by molar-refractivity contribution is 9.10. The van der Waals surface area contributed by atoms with Crippen LogP contribution in [0, 0.1) is 0 Å². The van der Waals surface area contributed by atoms with Crippen molar-refractivity contribution in [3.63, 3.8) is 0 Å². The summed E-state index contributed by atoms with van der Waals surface area (Å²) in [6.07, 6.45) is 2.50. The summed E-state index contributed by atoms with van der Waals surface area (Å²) < 4.78 is 6.33. The molecule has 2 atom stereocenters. The molecule has 0 saturated carbocycles. The molecule has 1 aromatic carbocycles. The Kier molecular flexibility index (Phi) is 5.87. The van der Waals surface area contributed by atoms with E-state index in [2.05, 4.69) is 52.1 Å². The first kappa shape index (κ1) is 15.8. The molecule has 0 radical (unpaired) electrons. The second-order valence-corrected chi connectivity index (χ2v) is 6.50. The van der Waals surface area contributed by atoms with Crippen LogP contribution >= 0.6 is 15.9 Å². The molecular formula is C16H25BrN2O. The van der Waals surface area contributed by atoms with Crippen molar-refractivity contribution in [1.82, 2.24) is 10.2 Å². The number of nitrogens with one attached hydrogen (secondary N) is 1. The van der Waals surface area contributed by atoms with Gasteiger partial charge < -0.3 is 10.1 Å². The third-order valence-corrected chi connectivity index (χ3v) is 4.57. The molecule has 1 N–H and O–H groups in total. The summed E-state index contributed by atoms with van der Waals surface area (Å²) in [5.74, 6) is 0.896. The predicted molar refractivity (Wildman–Crippen MR) is 87.3 cm³/mol. The van der Waals surface area contributed by atoms with Crippen LogP contribution in [0.2, 0.25) is 0 Å². The van der Waals surface area contributed by atoms with E-state index in [1.807, 2.05) is 6.07 Å². The van der Waals surface area contributed by atoms with Crippen LogP contribution in [0.25, 0.3) is 0 Å². The lowest BCUT2D eigenvalue weighted by Gasteiger charge is -2.39. The van der Waals surface area contributed by atoms with E-state index in [1.165, 1.54) is 18.4 Å². The maximum Gasteiger partial charge on any atom is 0.133 e. The summed E-state index contributed by atoms with van der Waals surface area (Å²) in [4.78, 5) is 2.61. The number of nitrogens with zero attached hydrogens (tertiary/aromatic N) is 1. The third kappa shape index (κ3) is 3.96. The fraction of sp³-hybridized carbons (Fsp3) is 0.625. The monoisotopic (exact) mass is 340 g/mol. The van der Waals surface area contributed by atoms with Crippen LogP contribution in [0.1, 0.15) is 32.3 Å². The summed E-state index contributed by atoms with van der Waals surface area (Å²) in [5.41, 5.74) is 1.34. The Morgan fingerprint density at radius 2 is 2.25 bits per heavy atom. The molecule has 1 aromatic rings. The zero-order valence-electron chi connectivity index (χ0n) is 12.7. The summed E-state index contributed by atoms with van der Waals surface area (Å²) in [7, 11) is 1.70. The molecule has 1 saturated heterocycles. The van der Waals surface area contributed by atoms with E-state index in [4.69, 9.17) is 4.74 Å².